The van der Waals surface area contributed by atoms with Gasteiger partial charge in [0.05, 0.1) is 5.69 Å². The van der Waals surface area contributed by atoms with Crippen LogP contribution >= 0.6 is 0 Å². The van der Waals surface area contributed by atoms with E-state index in [-0.39, 0.29) is 10.7 Å². The number of anilines is 1. The molecule has 0 aromatic carbocycles. The smallest absolute Gasteiger partial charge is 0.366 e. The molecular formula is C10H15N4O2+. The molecular weight excluding hydrogens is 208 g/mol. The molecule has 1 aliphatic rings. The molecule has 1 N–H and O–H groups in total. The Morgan fingerprint density at radius 2 is 2.00 bits per heavy atom. The summed E-state index contributed by atoms with van der Waals surface area (Å²) >= 11 is 0. The number of piperazine rings is 1. The molecule has 1 aromatic rings. The largest absolute Gasteiger partial charge is 0.408 e. The first-order valence-corrected chi connectivity index (χ1v) is 5.22. The third-order valence-electron chi connectivity index (χ3n) is 2.80. The number of pyridine rings is 1. The van der Waals surface area contributed by atoms with Gasteiger partial charge in [-0.05, 0) is 23.0 Å². The zero-order valence-electron chi connectivity index (χ0n) is 9.20. The fraction of sp³-hybridized carbons (Fsp3) is 0.500. The van der Waals surface area contributed by atoms with Crippen molar-refractivity contribution in [3.05, 3.63) is 23.2 Å². The normalized spacial score (nSPS) is 17.4. The fourth-order valence-electron chi connectivity index (χ4n) is 1.74. The second-order valence-corrected chi connectivity index (χ2v) is 3.94. The Hall–Kier alpha value is -1.69. The van der Waals surface area contributed by atoms with E-state index in [9.17, 15) is 4.91 Å². The van der Waals surface area contributed by atoms with Crippen LogP contribution in [0.4, 0.5) is 11.5 Å². The molecule has 1 aliphatic heterocycles. The third kappa shape index (κ3) is 2.27. The van der Waals surface area contributed by atoms with Crippen LogP contribution in [-0.2, 0) is 0 Å². The summed E-state index contributed by atoms with van der Waals surface area (Å²) in [5.41, 5.74) is 0.985. The number of nitrogens with zero attached hydrogens (tertiary/aromatic N) is 4. The van der Waals surface area contributed by atoms with Gasteiger partial charge in [-0.25, -0.2) is 0 Å². The lowest BCUT2D eigenvalue weighted by Crippen LogP contribution is -2.44. The van der Waals surface area contributed by atoms with Crippen molar-refractivity contribution in [2.45, 2.75) is 0 Å². The molecule has 0 spiro atoms. The predicted molar refractivity (Wildman–Crippen MR) is 59.0 cm³/mol. The maximum absolute atomic E-state index is 10.6. The van der Waals surface area contributed by atoms with Gasteiger partial charge < -0.3 is 15.0 Å². The monoisotopic (exact) mass is 223 g/mol. The van der Waals surface area contributed by atoms with E-state index >= 15 is 0 Å². The van der Waals surface area contributed by atoms with Gasteiger partial charge in [-0.3, -0.25) is 0 Å². The SMILES string of the molecule is CN1CCN(c2ccc([N+](=O)O)nc2)CC1. The van der Waals surface area contributed by atoms with Gasteiger partial charge in [0, 0.05) is 32.2 Å². The summed E-state index contributed by atoms with van der Waals surface area (Å²) in [4.78, 5) is 18.7. The molecule has 0 radical (unpaired) electrons. The molecule has 0 bridgehead atoms. The summed E-state index contributed by atoms with van der Waals surface area (Å²) in [6.45, 7) is 3.96. The van der Waals surface area contributed by atoms with Crippen LogP contribution in [0.25, 0.3) is 0 Å². The highest BCUT2D eigenvalue weighted by molar-refractivity contribution is 5.46. The Labute approximate surface area is 93.6 Å². The van der Waals surface area contributed by atoms with Gasteiger partial charge in [-0.15, -0.1) is 0 Å². The van der Waals surface area contributed by atoms with Crippen LogP contribution in [0, 0.1) is 4.91 Å². The molecule has 0 amide bonds. The van der Waals surface area contributed by atoms with Gasteiger partial charge in [-0.1, -0.05) is 0 Å². The molecule has 2 rings (SSSR count). The molecule has 0 atom stereocenters. The van der Waals surface area contributed by atoms with Gasteiger partial charge in [0.2, 0.25) is 0 Å². The molecule has 1 aromatic heterocycles. The van der Waals surface area contributed by atoms with E-state index in [0.717, 1.165) is 31.9 Å². The van der Waals surface area contributed by atoms with Crippen molar-refractivity contribution in [3.8, 4) is 0 Å². The summed E-state index contributed by atoms with van der Waals surface area (Å²) in [6, 6.07) is 3.31. The first kappa shape index (κ1) is 10.8. The van der Waals surface area contributed by atoms with Crippen LogP contribution in [0.1, 0.15) is 0 Å². The lowest BCUT2D eigenvalue weighted by atomic mass is 10.3. The van der Waals surface area contributed by atoms with Crippen LogP contribution in [0.5, 0.6) is 0 Å². The Balaban J connectivity index is 2.07. The first-order valence-electron chi connectivity index (χ1n) is 5.22. The van der Waals surface area contributed by atoms with Crippen LogP contribution < -0.4 is 4.90 Å². The van der Waals surface area contributed by atoms with Crippen LogP contribution in [0.15, 0.2) is 18.3 Å². The van der Waals surface area contributed by atoms with Crippen LogP contribution in [0.2, 0.25) is 0 Å². The van der Waals surface area contributed by atoms with Crippen molar-refractivity contribution in [1.82, 2.24) is 9.88 Å². The number of rotatable bonds is 2. The van der Waals surface area contributed by atoms with Gasteiger partial charge in [-0.2, -0.15) is 0 Å². The zero-order chi connectivity index (χ0) is 11.5. The highest BCUT2D eigenvalue weighted by Crippen LogP contribution is 2.17. The summed E-state index contributed by atoms with van der Waals surface area (Å²) in [7, 11) is 2.10. The van der Waals surface area contributed by atoms with Gasteiger partial charge in [0.25, 0.3) is 0 Å². The van der Waals surface area contributed by atoms with E-state index in [1.807, 2.05) is 0 Å². The fourth-order valence-corrected chi connectivity index (χ4v) is 1.74. The maximum Gasteiger partial charge on any atom is 0.408 e. The second kappa shape index (κ2) is 4.44. The minimum absolute atomic E-state index is 0.0119. The highest BCUT2D eigenvalue weighted by atomic mass is 16.6. The van der Waals surface area contributed by atoms with E-state index < -0.39 is 0 Å². The summed E-state index contributed by atoms with van der Waals surface area (Å²) in [5.74, 6) is 0.0119. The lowest BCUT2D eigenvalue weighted by molar-refractivity contribution is -0.732. The number of hydrogen-bond acceptors (Lipinski definition) is 4. The zero-order valence-corrected chi connectivity index (χ0v) is 9.20. The molecule has 1 fully saturated rings. The van der Waals surface area contributed by atoms with Crippen molar-refractivity contribution < 1.29 is 10.1 Å². The molecule has 0 unspecified atom stereocenters. The Bertz CT molecular complexity index is 371. The molecule has 0 saturated carbocycles. The van der Waals surface area contributed by atoms with E-state index in [1.165, 1.54) is 6.07 Å². The van der Waals surface area contributed by atoms with E-state index in [4.69, 9.17) is 5.21 Å². The van der Waals surface area contributed by atoms with Crippen molar-refractivity contribution in [3.63, 3.8) is 0 Å². The summed E-state index contributed by atoms with van der Waals surface area (Å²) in [6.07, 6.45) is 1.61. The molecule has 6 heteroatoms. The van der Waals surface area contributed by atoms with Crippen molar-refractivity contribution in [1.29, 1.82) is 0 Å². The van der Waals surface area contributed by atoms with Crippen molar-refractivity contribution >= 4 is 11.5 Å². The Morgan fingerprint density at radius 3 is 2.50 bits per heavy atom. The molecule has 86 valence electrons. The topological polar surface area (TPSA) is 59.7 Å². The quantitative estimate of drug-likeness (QED) is 0.745. The molecule has 16 heavy (non-hydrogen) atoms. The average molecular weight is 223 g/mol. The molecule has 1 saturated heterocycles. The van der Waals surface area contributed by atoms with Crippen LogP contribution in [-0.4, -0.2) is 53.2 Å². The van der Waals surface area contributed by atoms with E-state index in [2.05, 4.69) is 21.8 Å². The average Bonchev–Trinajstić information content (AvgIpc) is 2.30. The van der Waals surface area contributed by atoms with Crippen molar-refractivity contribution in [2.75, 3.05) is 38.1 Å². The van der Waals surface area contributed by atoms with Gasteiger partial charge >= 0.3 is 5.82 Å². The Kier molecular flexibility index (Phi) is 3.00. The summed E-state index contributed by atoms with van der Waals surface area (Å²) in [5, 5.41) is 8.65. The molecule has 6 nitrogen and oxygen atoms in total. The predicted octanol–water partition coefficient (Wildman–Crippen LogP) is 0.633. The third-order valence-corrected chi connectivity index (χ3v) is 2.80. The lowest BCUT2D eigenvalue weighted by Gasteiger charge is -2.33. The van der Waals surface area contributed by atoms with Crippen LogP contribution in [0.3, 0.4) is 0 Å². The minimum atomic E-state index is -0.228. The van der Waals surface area contributed by atoms with E-state index in [0.29, 0.717) is 0 Å². The highest BCUT2D eigenvalue weighted by Gasteiger charge is 2.17. The maximum atomic E-state index is 10.6. The number of likely N-dealkylation sites (N-methyl/N-ethyl adjacent to an activating group) is 1. The van der Waals surface area contributed by atoms with Crippen molar-refractivity contribution in [2.24, 2.45) is 0 Å². The van der Waals surface area contributed by atoms with E-state index in [1.54, 1.807) is 12.3 Å². The first-order chi connectivity index (χ1) is 7.66. The van der Waals surface area contributed by atoms with Gasteiger partial charge in [0.1, 0.15) is 0 Å². The second-order valence-electron chi connectivity index (χ2n) is 3.94. The minimum Gasteiger partial charge on any atom is -0.366 e. The molecule has 0 aliphatic carbocycles. The Morgan fingerprint density at radius 1 is 1.31 bits per heavy atom. The summed E-state index contributed by atoms with van der Waals surface area (Å²) < 4.78 is 0. The number of aromatic nitrogens is 1. The standard InChI is InChI=1S/C10H15N4O2/c1-12-4-6-13(7-5-12)9-2-3-10(11-8-9)14(15)16/h2-3,8H,4-7H2,1H3,(H,15,16)/q+1. The van der Waals surface area contributed by atoms with Gasteiger partial charge in [0.15, 0.2) is 11.1 Å². The number of hydrogen-bond donors (Lipinski definition) is 1. The molecule has 2 heterocycles.